The molecule has 0 aromatic heterocycles. The number of hydrazone groups is 1. The third-order valence-electron chi connectivity index (χ3n) is 1.95. The number of methoxy groups -OCH3 is 1. The molecule has 5 nitrogen and oxygen atoms in total. The van der Waals surface area contributed by atoms with Gasteiger partial charge in [-0.15, -0.1) is 0 Å². The van der Waals surface area contributed by atoms with Gasteiger partial charge in [-0.3, -0.25) is 0 Å². The van der Waals surface area contributed by atoms with E-state index < -0.39 is 5.60 Å². The van der Waals surface area contributed by atoms with Crippen LogP contribution in [0.25, 0.3) is 0 Å². The van der Waals surface area contributed by atoms with Crippen LogP contribution in [0.5, 0.6) is 0 Å². The van der Waals surface area contributed by atoms with Gasteiger partial charge in [-0.1, -0.05) is 6.92 Å². The summed E-state index contributed by atoms with van der Waals surface area (Å²) in [4.78, 5) is 0. The molecule has 1 atom stereocenters. The summed E-state index contributed by atoms with van der Waals surface area (Å²) in [5.41, 5.74) is 2.38. The molecule has 1 unspecified atom stereocenters. The summed E-state index contributed by atoms with van der Waals surface area (Å²) < 4.78 is 7.02. The highest BCUT2D eigenvalue weighted by atomic mass is 16.5. The number of hydrogen-bond acceptors (Lipinski definition) is 4. The van der Waals surface area contributed by atoms with E-state index in [0.29, 0.717) is 6.54 Å². The van der Waals surface area contributed by atoms with Crippen LogP contribution >= 0.6 is 0 Å². The van der Waals surface area contributed by atoms with Gasteiger partial charge < -0.3 is 9.84 Å². The molecular formula is C9H20N3O2+. The molecule has 0 amide bonds. The van der Waals surface area contributed by atoms with Crippen molar-refractivity contribution in [1.82, 2.24) is 10.7 Å². The van der Waals surface area contributed by atoms with Crippen molar-refractivity contribution in [1.29, 1.82) is 0 Å². The zero-order valence-corrected chi connectivity index (χ0v) is 9.29. The van der Waals surface area contributed by atoms with Crippen molar-refractivity contribution in [3.05, 3.63) is 0 Å². The van der Waals surface area contributed by atoms with Crippen molar-refractivity contribution in [2.24, 2.45) is 0 Å². The maximum Gasteiger partial charge on any atom is 0.458 e. The van der Waals surface area contributed by atoms with Crippen molar-refractivity contribution in [2.75, 3.05) is 20.2 Å². The van der Waals surface area contributed by atoms with Crippen molar-refractivity contribution >= 4 is 5.90 Å². The van der Waals surface area contributed by atoms with Crippen LogP contribution in [0.4, 0.5) is 0 Å². The maximum atomic E-state index is 9.51. The second-order valence-electron chi connectivity index (χ2n) is 4.02. The molecule has 14 heavy (non-hydrogen) atoms. The normalized spacial score (nSPS) is 21.1. The van der Waals surface area contributed by atoms with Gasteiger partial charge in [0.25, 0.3) is 0 Å². The second-order valence-corrected chi connectivity index (χ2v) is 4.02. The molecule has 1 aliphatic heterocycles. The molecule has 1 aliphatic rings. The number of rotatable bonds is 5. The van der Waals surface area contributed by atoms with Gasteiger partial charge >= 0.3 is 12.1 Å². The molecule has 0 radical (unpaired) electrons. The topological polar surface area (TPSA) is 56.5 Å². The van der Waals surface area contributed by atoms with E-state index in [1.54, 1.807) is 21.0 Å². The van der Waals surface area contributed by atoms with Gasteiger partial charge in [0.15, 0.2) is 0 Å². The molecule has 0 bridgehead atoms. The van der Waals surface area contributed by atoms with E-state index in [1.807, 2.05) is 11.6 Å². The summed E-state index contributed by atoms with van der Waals surface area (Å²) in [5.74, 6) is 0.871. The van der Waals surface area contributed by atoms with Crippen LogP contribution in [0.1, 0.15) is 20.8 Å². The molecule has 0 aromatic rings. The minimum atomic E-state index is -0.710. The van der Waals surface area contributed by atoms with Crippen LogP contribution in [-0.2, 0) is 4.74 Å². The molecular weight excluding hydrogens is 182 g/mol. The van der Waals surface area contributed by atoms with Gasteiger partial charge in [-0.2, -0.15) is 5.43 Å². The van der Waals surface area contributed by atoms with Crippen LogP contribution in [0.2, 0.25) is 0 Å². The van der Waals surface area contributed by atoms with Crippen LogP contribution in [-0.4, -0.2) is 47.7 Å². The number of hydrazine groups is 1. The highest BCUT2D eigenvalue weighted by Gasteiger charge is 2.53. The Kier molecular flexibility index (Phi) is 3.34. The molecule has 0 saturated carbocycles. The van der Waals surface area contributed by atoms with Gasteiger partial charge in [0.1, 0.15) is 0 Å². The summed E-state index contributed by atoms with van der Waals surface area (Å²) in [7, 11) is 1.64. The van der Waals surface area contributed by atoms with Crippen molar-refractivity contribution in [3.8, 4) is 0 Å². The van der Waals surface area contributed by atoms with Crippen LogP contribution in [0.3, 0.4) is 0 Å². The third-order valence-corrected chi connectivity index (χ3v) is 1.95. The predicted octanol–water partition coefficient (Wildman–Crippen LogP) is -0.731. The Labute approximate surface area is 84.7 Å². The summed E-state index contributed by atoms with van der Waals surface area (Å²) in [5, 5.41) is 12.7. The average Bonchev–Trinajstić information content (AvgIpc) is 2.74. The Morgan fingerprint density at radius 1 is 1.57 bits per heavy atom. The van der Waals surface area contributed by atoms with Crippen molar-refractivity contribution in [2.45, 2.75) is 32.5 Å². The molecule has 0 fully saturated rings. The van der Waals surface area contributed by atoms with E-state index in [1.165, 1.54) is 0 Å². The quantitative estimate of drug-likeness (QED) is 0.514. The average molecular weight is 202 g/mol. The Bertz CT molecular complexity index is 233. The van der Waals surface area contributed by atoms with Gasteiger partial charge in [0, 0.05) is 0 Å². The zero-order valence-electron chi connectivity index (χ0n) is 9.29. The number of nitrogens with one attached hydrogen (secondary N) is 2. The summed E-state index contributed by atoms with van der Waals surface area (Å²) in [6, 6.07) is 0. The van der Waals surface area contributed by atoms with Gasteiger partial charge in [-0.05, 0) is 25.1 Å². The lowest BCUT2D eigenvalue weighted by atomic mass is 10.1. The molecule has 0 aromatic carbocycles. The Morgan fingerprint density at radius 2 is 2.21 bits per heavy atom. The number of ether oxygens (including phenoxy) is 1. The van der Waals surface area contributed by atoms with Crippen molar-refractivity contribution < 1.29 is 14.5 Å². The molecule has 82 valence electrons. The van der Waals surface area contributed by atoms with E-state index in [9.17, 15) is 5.11 Å². The zero-order chi connectivity index (χ0) is 10.8. The SMILES string of the molecule is CCNC1C(OC)=[N+]1NCC(C)(C)O. The highest BCUT2D eigenvalue weighted by molar-refractivity contribution is 5.83. The van der Waals surface area contributed by atoms with Crippen LogP contribution in [0.15, 0.2) is 0 Å². The minimum Gasteiger partial charge on any atom is -0.443 e. The molecule has 0 aliphatic carbocycles. The molecule has 3 N–H and O–H groups in total. The fourth-order valence-corrected chi connectivity index (χ4v) is 1.21. The largest absolute Gasteiger partial charge is 0.458 e. The Balaban J connectivity index is 2.34. The maximum absolute atomic E-state index is 9.51. The molecule has 0 spiro atoms. The number of nitrogens with zero attached hydrogens (tertiary/aromatic N) is 1. The lowest BCUT2D eigenvalue weighted by Gasteiger charge is -2.13. The first-order valence-electron chi connectivity index (χ1n) is 4.89. The smallest absolute Gasteiger partial charge is 0.443 e. The molecule has 1 heterocycles. The third kappa shape index (κ3) is 2.85. The highest BCUT2D eigenvalue weighted by Crippen LogP contribution is 2.08. The summed E-state index contributed by atoms with van der Waals surface area (Å²) >= 11 is 0. The number of hydrogen-bond donors (Lipinski definition) is 3. The standard InChI is InChI=1S/C9H20N3O2/c1-5-10-7-8(14-4)12(7)11-6-9(2,3)13/h7,10-11,13H,5-6H2,1-4H3/q+1. The van der Waals surface area contributed by atoms with E-state index >= 15 is 0 Å². The van der Waals surface area contributed by atoms with E-state index in [2.05, 4.69) is 10.7 Å². The van der Waals surface area contributed by atoms with Gasteiger partial charge in [-0.25, -0.2) is 5.32 Å². The lowest BCUT2D eigenvalue weighted by molar-refractivity contribution is -0.543. The molecule has 5 heteroatoms. The fraction of sp³-hybridized carbons (Fsp3) is 0.889. The van der Waals surface area contributed by atoms with Crippen LogP contribution in [0, 0.1) is 0 Å². The Hall–Kier alpha value is -0.810. The van der Waals surface area contributed by atoms with Gasteiger partial charge in [0.05, 0.1) is 19.3 Å². The first-order chi connectivity index (χ1) is 6.49. The number of aliphatic hydroxyl groups is 1. The van der Waals surface area contributed by atoms with E-state index in [-0.39, 0.29) is 6.17 Å². The first-order valence-corrected chi connectivity index (χ1v) is 4.89. The molecule has 1 rings (SSSR count). The monoisotopic (exact) mass is 202 g/mol. The summed E-state index contributed by atoms with van der Waals surface area (Å²) in [6.07, 6.45) is 0.146. The number of likely N-dealkylation sites (N-methyl/N-ethyl adjacent to an activating group) is 1. The minimum absolute atomic E-state index is 0.146. The molecule has 0 saturated heterocycles. The summed E-state index contributed by atoms with van der Waals surface area (Å²) in [6.45, 7) is 6.95. The fourth-order valence-electron chi connectivity index (χ4n) is 1.21. The van der Waals surface area contributed by atoms with E-state index in [4.69, 9.17) is 4.74 Å². The Morgan fingerprint density at radius 3 is 2.64 bits per heavy atom. The van der Waals surface area contributed by atoms with E-state index in [0.717, 1.165) is 12.4 Å². The van der Waals surface area contributed by atoms with Crippen molar-refractivity contribution in [3.63, 3.8) is 0 Å². The second kappa shape index (κ2) is 4.14. The lowest BCUT2D eigenvalue weighted by Crippen LogP contribution is -2.39. The first kappa shape index (κ1) is 11.3. The predicted molar refractivity (Wildman–Crippen MR) is 54.0 cm³/mol. The van der Waals surface area contributed by atoms with Gasteiger partial charge in [0.2, 0.25) is 0 Å². The van der Waals surface area contributed by atoms with Crippen LogP contribution < -0.4 is 10.7 Å².